The monoisotopic (exact) mass is 241 g/mol. The van der Waals surface area contributed by atoms with Crippen molar-refractivity contribution in [2.24, 2.45) is 7.05 Å². The lowest BCUT2D eigenvalue weighted by atomic mass is 10.5. The summed E-state index contributed by atoms with van der Waals surface area (Å²) in [4.78, 5) is 12.4. The number of aryl methyl sites for hydroxylation is 1. The lowest BCUT2D eigenvalue weighted by Gasteiger charge is -2.05. The van der Waals surface area contributed by atoms with Gasteiger partial charge in [-0.25, -0.2) is 4.98 Å². The Labute approximate surface area is 97.6 Å². The average Bonchev–Trinajstić information content (AvgIpc) is 2.61. The Hall–Kier alpha value is -1.40. The maximum atomic E-state index is 5.83. The number of hydrogen-bond donors (Lipinski definition) is 1. The first-order valence-electron chi connectivity index (χ1n) is 4.79. The van der Waals surface area contributed by atoms with Gasteiger partial charge in [0.15, 0.2) is 17.0 Å². The lowest BCUT2D eigenvalue weighted by Crippen LogP contribution is -2.09. The van der Waals surface area contributed by atoms with Crippen LogP contribution >= 0.6 is 11.6 Å². The molecule has 0 unspecified atom stereocenters. The van der Waals surface area contributed by atoms with E-state index in [0.29, 0.717) is 30.1 Å². The Balaban J connectivity index is 2.35. The number of hydrogen-bond acceptors (Lipinski definition) is 5. The molecule has 0 aliphatic carbocycles. The van der Waals surface area contributed by atoms with Crippen molar-refractivity contribution in [3.63, 3.8) is 0 Å². The van der Waals surface area contributed by atoms with Crippen LogP contribution in [0.15, 0.2) is 6.33 Å². The van der Waals surface area contributed by atoms with Crippen molar-refractivity contribution in [2.45, 2.75) is 0 Å². The summed E-state index contributed by atoms with van der Waals surface area (Å²) in [6.45, 7) is 1.24. The number of methoxy groups -OCH3 is 1. The Morgan fingerprint density at radius 1 is 1.50 bits per heavy atom. The molecule has 0 saturated heterocycles. The van der Waals surface area contributed by atoms with Crippen LogP contribution in [-0.2, 0) is 11.8 Å². The summed E-state index contributed by atoms with van der Waals surface area (Å²) in [6.07, 6.45) is 1.68. The number of nitrogens with zero attached hydrogens (tertiary/aromatic N) is 4. The molecule has 0 atom stereocenters. The number of nitrogens with one attached hydrogen (secondary N) is 1. The van der Waals surface area contributed by atoms with Crippen LogP contribution in [0.4, 0.5) is 5.82 Å². The number of imidazole rings is 1. The molecule has 86 valence electrons. The summed E-state index contributed by atoms with van der Waals surface area (Å²) in [7, 11) is 3.50. The van der Waals surface area contributed by atoms with Crippen LogP contribution < -0.4 is 5.32 Å². The van der Waals surface area contributed by atoms with Gasteiger partial charge in [0.25, 0.3) is 0 Å². The number of anilines is 1. The van der Waals surface area contributed by atoms with E-state index in [1.165, 1.54) is 0 Å². The maximum absolute atomic E-state index is 5.83. The molecular weight excluding hydrogens is 230 g/mol. The molecule has 0 amide bonds. The molecule has 2 heterocycles. The zero-order valence-corrected chi connectivity index (χ0v) is 9.82. The van der Waals surface area contributed by atoms with Crippen molar-refractivity contribution in [1.82, 2.24) is 19.5 Å². The minimum atomic E-state index is 0.205. The SMILES string of the molecule is COCCNc1nc(Cl)nc2c1ncn2C. The zero-order chi connectivity index (χ0) is 11.5. The van der Waals surface area contributed by atoms with E-state index >= 15 is 0 Å². The molecule has 0 aliphatic rings. The predicted octanol–water partition coefficient (Wildman–Crippen LogP) is 1.07. The Bertz CT molecular complexity index is 498. The van der Waals surface area contributed by atoms with E-state index in [1.54, 1.807) is 18.0 Å². The van der Waals surface area contributed by atoms with E-state index in [4.69, 9.17) is 16.3 Å². The molecule has 0 aliphatic heterocycles. The van der Waals surface area contributed by atoms with Gasteiger partial charge in [0, 0.05) is 20.7 Å². The van der Waals surface area contributed by atoms with Crippen molar-refractivity contribution in [2.75, 3.05) is 25.6 Å². The third kappa shape index (κ3) is 2.07. The summed E-state index contributed by atoms with van der Waals surface area (Å²) in [5.41, 5.74) is 1.42. The van der Waals surface area contributed by atoms with E-state index in [0.717, 1.165) is 0 Å². The normalized spacial score (nSPS) is 10.9. The van der Waals surface area contributed by atoms with Gasteiger partial charge in [0.2, 0.25) is 5.28 Å². The molecule has 0 radical (unpaired) electrons. The fourth-order valence-corrected chi connectivity index (χ4v) is 1.54. The second-order valence-corrected chi connectivity index (χ2v) is 3.63. The first-order chi connectivity index (χ1) is 7.72. The molecule has 6 nitrogen and oxygen atoms in total. The molecule has 0 aromatic carbocycles. The summed E-state index contributed by atoms with van der Waals surface area (Å²) >= 11 is 5.83. The number of aromatic nitrogens is 4. The summed E-state index contributed by atoms with van der Waals surface area (Å²) in [6, 6.07) is 0. The predicted molar refractivity (Wildman–Crippen MR) is 61.7 cm³/mol. The van der Waals surface area contributed by atoms with Gasteiger partial charge in [-0.2, -0.15) is 9.97 Å². The third-order valence-corrected chi connectivity index (χ3v) is 2.30. The number of ether oxygens (including phenoxy) is 1. The molecular formula is C9H12ClN5O. The van der Waals surface area contributed by atoms with Gasteiger partial charge >= 0.3 is 0 Å². The summed E-state index contributed by atoms with van der Waals surface area (Å²) in [5, 5.41) is 3.31. The van der Waals surface area contributed by atoms with E-state index < -0.39 is 0 Å². The highest BCUT2D eigenvalue weighted by Crippen LogP contribution is 2.19. The molecule has 0 saturated carbocycles. The van der Waals surface area contributed by atoms with Gasteiger partial charge in [-0.05, 0) is 11.6 Å². The molecule has 2 rings (SSSR count). The largest absolute Gasteiger partial charge is 0.383 e. The average molecular weight is 242 g/mol. The topological polar surface area (TPSA) is 64.9 Å². The van der Waals surface area contributed by atoms with Gasteiger partial charge in [-0.15, -0.1) is 0 Å². The van der Waals surface area contributed by atoms with E-state index in [2.05, 4.69) is 20.3 Å². The lowest BCUT2D eigenvalue weighted by molar-refractivity contribution is 0.210. The van der Waals surface area contributed by atoms with E-state index in [9.17, 15) is 0 Å². The van der Waals surface area contributed by atoms with Crippen LogP contribution in [0.1, 0.15) is 0 Å². The molecule has 1 N–H and O–H groups in total. The molecule has 0 bridgehead atoms. The molecule has 2 aromatic heterocycles. The Kier molecular flexibility index (Phi) is 3.21. The minimum absolute atomic E-state index is 0.205. The highest BCUT2D eigenvalue weighted by molar-refractivity contribution is 6.28. The fourth-order valence-electron chi connectivity index (χ4n) is 1.38. The van der Waals surface area contributed by atoms with Gasteiger partial charge in [0.1, 0.15) is 0 Å². The van der Waals surface area contributed by atoms with Crippen LogP contribution in [0.5, 0.6) is 0 Å². The smallest absolute Gasteiger partial charge is 0.226 e. The van der Waals surface area contributed by atoms with Crippen LogP contribution in [0.2, 0.25) is 5.28 Å². The highest BCUT2D eigenvalue weighted by Gasteiger charge is 2.10. The van der Waals surface area contributed by atoms with Gasteiger partial charge < -0.3 is 14.6 Å². The first-order valence-corrected chi connectivity index (χ1v) is 5.17. The quantitative estimate of drug-likeness (QED) is 0.641. The number of rotatable bonds is 4. The van der Waals surface area contributed by atoms with Crippen molar-refractivity contribution in [1.29, 1.82) is 0 Å². The van der Waals surface area contributed by atoms with Crippen LogP contribution in [-0.4, -0.2) is 39.8 Å². The van der Waals surface area contributed by atoms with Crippen molar-refractivity contribution in [3.8, 4) is 0 Å². The van der Waals surface area contributed by atoms with Gasteiger partial charge in [0.05, 0.1) is 12.9 Å². The second-order valence-electron chi connectivity index (χ2n) is 3.29. The molecule has 16 heavy (non-hydrogen) atoms. The summed E-state index contributed by atoms with van der Waals surface area (Å²) in [5.74, 6) is 0.632. The first kappa shape index (κ1) is 11.1. The van der Waals surface area contributed by atoms with Gasteiger partial charge in [-0.3, -0.25) is 0 Å². The van der Waals surface area contributed by atoms with Crippen molar-refractivity contribution in [3.05, 3.63) is 11.6 Å². The second kappa shape index (κ2) is 4.63. The van der Waals surface area contributed by atoms with Gasteiger partial charge in [-0.1, -0.05) is 0 Å². The number of fused-ring (bicyclic) bond motifs is 1. The van der Waals surface area contributed by atoms with Crippen LogP contribution in [0.25, 0.3) is 11.2 Å². The molecule has 7 heteroatoms. The highest BCUT2D eigenvalue weighted by atomic mass is 35.5. The Morgan fingerprint density at radius 2 is 2.31 bits per heavy atom. The molecule has 2 aromatic rings. The van der Waals surface area contributed by atoms with E-state index in [1.807, 2.05) is 7.05 Å². The van der Waals surface area contributed by atoms with Crippen LogP contribution in [0.3, 0.4) is 0 Å². The minimum Gasteiger partial charge on any atom is -0.383 e. The molecule has 0 fully saturated rings. The zero-order valence-electron chi connectivity index (χ0n) is 9.07. The Morgan fingerprint density at radius 3 is 3.06 bits per heavy atom. The van der Waals surface area contributed by atoms with Crippen LogP contribution in [0, 0.1) is 0 Å². The summed E-state index contributed by atoms with van der Waals surface area (Å²) < 4.78 is 6.74. The number of halogens is 1. The van der Waals surface area contributed by atoms with E-state index in [-0.39, 0.29) is 5.28 Å². The van der Waals surface area contributed by atoms with Crippen molar-refractivity contribution < 1.29 is 4.74 Å². The fraction of sp³-hybridized carbons (Fsp3) is 0.444. The standard InChI is InChI=1S/C9H12ClN5O/c1-15-5-12-6-7(11-3-4-16-2)13-9(10)14-8(6)15/h5H,3-4H2,1-2H3,(H,11,13,14). The van der Waals surface area contributed by atoms with Crippen molar-refractivity contribution >= 4 is 28.6 Å². The third-order valence-electron chi connectivity index (χ3n) is 2.13. The molecule has 0 spiro atoms. The maximum Gasteiger partial charge on any atom is 0.226 e.